The molecule has 0 bridgehead atoms. The molecule has 0 atom stereocenters. The minimum atomic E-state index is -4.19. The minimum absolute atomic E-state index is 0.156. The van der Waals surface area contributed by atoms with Gasteiger partial charge in [0, 0.05) is 18.7 Å². The van der Waals surface area contributed by atoms with E-state index in [0.717, 1.165) is 30.6 Å². The smallest absolute Gasteiger partial charge is 0.401 e. The van der Waals surface area contributed by atoms with E-state index in [1.165, 1.54) is 12.7 Å². The van der Waals surface area contributed by atoms with Crippen LogP contribution in [0.15, 0.2) is 12.1 Å². The molecule has 0 unspecified atom stereocenters. The van der Waals surface area contributed by atoms with Crippen LogP contribution in [0.1, 0.15) is 16.7 Å². The second-order valence-electron chi connectivity index (χ2n) is 4.58. The van der Waals surface area contributed by atoms with Crippen LogP contribution in [0.3, 0.4) is 0 Å². The van der Waals surface area contributed by atoms with E-state index in [2.05, 4.69) is 10.6 Å². The number of rotatable bonds is 4. The third-order valence-electron chi connectivity index (χ3n) is 3.13. The van der Waals surface area contributed by atoms with E-state index in [0.29, 0.717) is 5.75 Å². The molecule has 0 aromatic heterocycles. The molecule has 0 fully saturated rings. The number of halogens is 3. The van der Waals surface area contributed by atoms with Crippen LogP contribution in [0, 0.1) is 0 Å². The maximum Gasteiger partial charge on any atom is 0.401 e. The van der Waals surface area contributed by atoms with Crippen molar-refractivity contribution in [1.82, 2.24) is 10.6 Å². The lowest BCUT2D eigenvalue weighted by molar-refractivity contribution is -0.125. The van der Waals surface area contributed by atoms with Gasteiger partial charge in [-0.2, -0.15) is 13.2 Å². The van der Waals surface area contributed by atoms with Crippen molar-refractivity contribution in [3.8, 4) is 5.75 Å². The molecule has 1 aliphatic heterocycles. The zero-order valence-corrected chi connectivity index (χ0v) is 10.7. The molecule has 1 aromatic carbocycles. The monoisotopic (exact) mass is 274 g/mol. The summed E-state index contributed by atoms with van der Waals surface area (Å²) >= 11 is 0. The lowest BCUT2D eigenvalue weighted by Crippen LogP contribution is -2.29. The number of methoxy groups -OCH3 is 1. The molecule has 0 spiro atoms. The minimum Gasteiger partial charge on any atom is -0.496 e. The Morgan fingerprint density at radius 3 is 2.79 bits per heavy atom. The van der Waals surface area contributed by atoms with Crippen LogP contribution in [-0.4, -0.2) is 26.4 Å². The lowest BCUT2D eigenvalue weighted by atomic mass is 9.97. The maximum atomic E-state index is 12.1. The van der Waals surface area contributed by atoms with E-state index in [1.54, 1.807) is 0 Å². The number of alkyl halides is 3. The van der Waals surface area contributed by atoms with Gasteiger partial charge in [-0.3, -0.25) is 0 Å². The van der Waals surface area contributed by atoms with Gasteiger partial charge < -0.3 is 15.4 Å². The molecule has 0 radical (unpaired) electrons. The summed E-state index contributed by atoms with van der Waals surface area (Å²) in [5, 5.41) is 5.66. The standard InChI is InChI=1S/C13H17F3N2O/c1-19-12-5-10-6-17-3-2-9(10)4-11(12)7-18-8-13(14,15)16/h4-5,17-18H,2-3,6-8H2,1H3. The predicted molar refractivity (Wildman–Crippen MR) is 66.2 cm³/mol. The first-order valence-electron chi connectivity index (χ1n) is 6.16. The summed E-state index contributed by atoms with van der Waals surface area (Å²) in [5.41, 5.74) is 3.11. The highest BCUT2D eigenvalue weighted by Crippen LogP contribution is 2.26. The molecule has 0 amide bonds. The molecule has 2 N–H and O–H groups in total. The fourth-order valence-corrected chi connectivity index (χ4v) is 2.23. The molecule has 0 saturated heterocycles. The van der Waals surface area contributed by atoms with Crippen molar-refractivity contribution in [1.29, 1.82) is 0 Å². The second kappa shape index (κ2) is 5.79. The maximum absolute atomic E-state index is 12.1. The van der Waals surface area contributed by atoms with E-state index in [-0.39, 0.29) is 6.54 Å². The van der Waals surface area contributed by atoms with Crippen LogP contribution < -0.4 is 15.4 Å². The Balaban J connectivity index is 2.10. The van der Waals surface area contributed by atoms with Crippen LogP contribution >= 0.6 is 0 Å². The van der Waals surface area contributed by atoms with Crippen molar-refractivity contribution >= 4 is 0 Å². The quantitative estimate of drug-likeness (QED) is 0.881. The van der Waals surface area contributed by atoms with Crippen LogP contribution in [0.4, 0.5) is 13.2 Å². The summed E-state index contributed by atoms with van der Waals surface area (Å²) in [6.45, 7) is 0.842. The number of nitrogens with one attached hydrogen (secondary N) is 2. The average Bonchev–Trinajstić information content (AvgIpc) is 2.36. The molecule has 2 rings (SSSR count). The summed E-state index contributed by atoms with van der Waals surface area (Å²) in [4.78, 5) is 0. The van der Waals surface area contributed by atoms with Crippen LogP contribution in [0.25, 0.3) is 0 Å². The topological polar surface area (TPSA) is 33.3 Å². The number of ether oxygens (including phenoxy) is 1. The highest BCUT2D eigenvalue weighted by molar-refractivity contribution is 5.43. The first-order chi connectivity index (χ1) is 8.99. The molecule has 6 heteroatoms. The van der Waals surface area contributed by atoms with Gasteiger partial charge in [-0.25, -0.2) is 0 Å². The molecule has 1 aromatic rings. The second-order valence-corrected chi connectivity index (χ2v) is 4.58. The van der Waals surface area contributed by atoms with Crippen LogP contribution in [0.5, 0.6) is 5.75 Å². The van der Waals surface area contributed by atoms with Crippen LogP contribution in [0.2, 0.25) is 0 Å². The lowest BCUT2D eigenvalue weighted by Gasteiger charge is -2.20. The normalized spacial score (nSPS) is 15.2. The molecule has 19 heavy (non-hydrogen) atoms. The molecule has 0 saturated carbocycles. The summed E-state index contributed by atoms with van der Waals surface area (Å²) < 4.78 is 41.6. The van der Waals surface area contributed by atoms with Gasteiger partial charge in [0.05, 0.1) is 13.7 Å². The average molecular weight is 274 g/mol. The molecule has 106 valence electrons. The van der Waals surface area contributed by atoms with Crippen molar-refractivity contribution < 1.29 is 17.9 Å². The summed E-state index contributed by atoms with van der Waals surface area (Å²) in [7, 11) is 1.53. The number of benzene rings is 1. The van der Waals surface area contributed by atoms with Gasteiger partial charge in [0.15, 0.2) is 0 Å². The Bertz CT molecular complexity index is 446. The first-order valence-corrected chi connectivity index (χ1v) is 6.16. The number of fused-ring (bicyclic) bond motifs is 1. The van der Waals surface area contributed by atoms with Crippen molar-refractivity contribution in [3.05, 3.63) is 28.8 Å². The van der Waals surface area contributed by atoms with Crippen molar-refractivity contribution in [2.75, 3.05) is 20.2 Å². The molecule has 1 aliphatic rings. The molecule has 0 aliphatic carbocycles. The molecule has 3 nitrogen and oxygen atoms in total. The Hall–Kier alpha value is -1.27. The summed E-state index contributed by atoms with van der Waals surface area (Å²) in [6.07, 6.45) is -3.29. The Morgan fingerprint density at radius 2 is 2.11 bits per heavy atom. The zero-order chi connectivity index (χ0) is 13.9. The highest BCUT2D eigenvalue weighted by atomic mass is 19.4. The Morgan fingerprint density at radius 1 is 1.32 bits per heavy atom. The SMILES string of the molecule is COc1cc2c(cc1CNCC(F)(F)F)CCNC2. The van der Waals surface area contributed by atoms with Gasteiger partial charge in [0.2, 0.25) is 0 Å². The third kappa shape index (κ3) is 3.84. The van der Waals surface area contributed by atoms with Gasteiger partial charge in [-0.1, -0.05) is 6.07 Å². The van der Waals surface area contributed by atoms with E-state index in [9.17, 15) is 13.2 Å². The van der Waals surface area contributed by atoms with E-state index < -0.39 is 12.7 Å². The largest absolute Gasteiger partial charge is 0.496 e. The van der Waals surface area contributed by atoms with Gasteiger partial charge >= 0.3 is 6.18 Å². The molecular formula is C13H17F3N2O. The molecular weight excluding hydrogens is 257 g/mol. The zero-order valence-electron chi connectivity index (χ0n) is 10.7. The highest BCUT2D eigenvalue weighted by Gasteiger charge is 2.26. The van der Waals surface area contributed by atoms with Gasteiger partial charge in [0.25, 0.3) is 0 Å². The Kier molecular flexibility index (Phi) is 4.31. The van der Waals surface area contributed by atoms with Crippen LogP contribution in [-0.2, 0) is 19.5 Å². The third-order valence-corrected chi connectivity index (χ3v) is 3.13. The number of hydrogen-bond acceptors (Lipinski definition) is 3. The fraction of sp³-hybridized carbons (Fsp3) is 0.538. The van der Waals surface area contributed by atoms with E-state index >= 15 is 0 Å². The fourth-order valence-electron chi connectivity index (χ4n) is 2.23. The first kappa shape index (κ1) is 14.1. The van der Waals surface area contributed by atoms with Gasteiger partial charge in [0.1, 0.15) is 5.75 Å². The van der Waals surface area contributed by atoms with Crippen molar-refractivity contribution in [2.45, 2.75) is 25.7 Å². The summed E-state index contributed by atoms with van der Waals surface area (Å²) in [6, 6.07) is 3.85. The van der Waals surface area contributed by atoms with Crippen molar-refractivity contribution in [3.63, 3.8) is 0 Å². The summed E-state index contributed by atoms with van der Waals surface area (Å²) in [5.74, 6) is 0.636. The van der Waals surface area contributed by atoms with Gasteiger partial charge in [-0.15, -0.1) is 0 Å². The predicted octanol–water partition coefficient (Wildman–Crippen LogP) is 1.99. The number of hydrogen-bond donors (Lipinski definition) is 2. The Labute approximate surface area is 110 Å². The van der Waals surface area contributed by atoms with Gasteiger partial charge in [-0.05, 0) is 30.2 Å². The molecule has 1 heterocycles. The van der Waals surface area contributed by atoms with Crippen molar-refractivity contribution in [2.24, 2.45) is 0 Å². The van der Waals surface area contributed by atoms with E-state index in [1.807, 2.05) is 12.1 Å². The van der Waals surface area contributed by atoms with E-state index in [4.69, 9.17) is 4.74 Å².